The monoisotopic (exact) mass is 391 g/mol. The smallest absolute Gasteiger partial charge is 0.360 e. The highest BCUT2D eigenvalue weighted by atomic mass is 32.1. The number of hydrogen-bond acceptors (Lipinski definition) is 7. The van der Waals surface area contributed by atoms with Crippen LogP contribution in [-0.2, 0) is 9.53 Å². The van der Waals surface area contributed by atoms with Gasteiger partial charge in [-0.1, -0.05) is 26.7 Å². The number of ether oxygens (including phenoxy) is 1. The van der Waals surface area contributed by atoms with Gasteiger partial charge in [0.05, 0.1) is 13.2 Å². The molecule has 8 heteroatoms. The molecule has 27 heavy (non-hydrogen) atoms. The molecule has 2 heterocycles. The topological polar surface area (TPSA) is 94.3 Å². The first-order valence-electron chi connectivity index (χ1n) is 9.22. The van der Waals surface area contributed by atoms with E-state index in [4.69, 9.17) is 9.15 Å². The van der Waals surface area contributed by atoms with E-state index in [-0.39, 0.29) is 35.4 Å². The fourth-order valence-corrected chi connectivity index (χ4v) is 4.31. The summed E-state index contributed by atoms with van der Waals surface area (Å²) in [5.74, 6) is 0.556. The van der Waals surface area contributed by atoms with Gasteiger partial charge in [-0.2, -0.15) is 0 Å². The van der Waals surface area contributed by atoms with Gasteiger partial charge >= 0.3 is 5.97 Å². The number of methoxy groups -OCH3 is 1. The van der Waals surface area contributed by atoms with E-state index >= 15 is 0 Å². The lowest BCUT2D eigenvalue weighted by Gasteiger charge is -2.22. The van der Waals surface area contributed by atoms with Crippen LogP contribution < -0.4 is 5.32 Å². The third kappa shape index (κ3) is 4.21. The van der Waals surface area contributed by atoms with Crippen molar-refractivity contribution >= 4 is 23.2 Å². The highest BCUT2D eigenvalue weighted by Gasteiger charge is 2.28. The number of aromatic nitrogens is 2. The van der Waals surface area contributed by atoms with Crippen LogP contribution in [-0.4, -0.2) is 29.0 Å². The molecule has 0 bridgehead atoms. The molecule has 1 aliphatic rings. The average molecular weight is 391 g/mol. The summed E-state index contributed by atoms with van der Waals surface area (Å²) < 4.78 is 10.3. The molecular weight excluding hydrogens is 366 g/mol. The number of carbonyl (C=O) groups excluding carboxylic acids is 2. The molecule has 0 radical (unpaired) electrons. The summed E-state index contributed by atoms with van der Waals surface area (Å²) in [6.45, 7) is 5.78. The molecule has 2 aromatic rings. The molecule has 146 valence electrons. The zero-order valence-electron chi connectivity index (χ0n) is 16.1. The number of thiazole rings is 1. The van der Waals surface area contributed by atoms with Crippen LogP contribution in [0, 0.1) is 18.8 Å². The van der Waals surface area contributed by atoms with E-state index in [1.807, 2.05) is 5.38 Å². The van der Waals surface area contributed by atoms with Crippen LogP contribution in [0.4, 0.5) is 0 Å². The normalized spacial score (nSPS) is 15.9. The first kappa shape index (κ1) is 19.5. The van der Waals surface area contributed by atoms with Crippen molar-refractivity contribution in [3.05, 3.63) is 21.8 Å². The van der Waals surface area contributed by atoms with Gasteiger partial charge in [0.15, 0.2) is 5.69 Å². The molecule has 0 aromatic carbocycles. The van der Waals surface area contributed by atoms with Gasteiger partial charge in [0.2, 0.25) is 11.8 Å². The van der Waals surface area contributed by atoms with Crippen molar-refractivity contribution in [2.45, 2.75) is 52.5 Å². The van der Waals surface area contributed by atoms with E-state index in [9.17, 15) is 9.59 Å². The second-order valence-corrected chi connectivity index (χ2v) is 8.09. The largest absolute Gasteiger partial charge is 0.464 e. The fourth-order valence-electron chi connectivity index (χ4n) is 3.29. The summed E-state index contributed by atoms with van der Waals surface area (Å²) in [6.07, 6.45) is 4.17. The van der Waals surface area contributed by atoms with Crippen molar-refractivity contribution in [1.29, 1.82) is 0 Å². The molecule has 1 N–H and O–H groups in total. The molecule has 1 amide bonds. The maximum absolute atomic E-state index is 12.5. The van der Waals surface area contributed by atoms with Crippen molar-refractivity contribution in [2.75, 3.05) is 7.11 Å². The molecule has 1 aliphatic carbocycles. The Hall–Kier alpha value is -2.22. The summed E-state index contributed by atoms with van der Waals surface area (Å²) in [5, 5.41) is 5.81. The van der Waals surface area contributed by atoms with Gasteiger partial charge in [-0.15, -0.1) is 11.3 Å². The van der Waals surface area contributed by atoms with Gasteiger partial charge in [0, 0.05) is 11.3 Å². The molecule has 1 atom stereocenters. The molecule has 1 fully saturated rings. The van der Waals surface area contributed by atoms with Crippen LogP contribution in [0.5, 0.6) is 0 Å². The summed E-state index contributed by atoms with van der Waals surface area (Å²) in [7, 11) is 1.30. The van der Waals surface area contributed by atoms with Crippen molar-refractivity contribution in [3.8, 4) is 11.6 Å². The number of oxazole rings is 1. The summed E-state index contributed by atoms with van der Waals surface area (Å²) in [5.41, 5.74) is 0.700. The lowest BCUT2D eigenvalue weighted by molar-refractivity contribution is -0.125. The van der Waals surface area contributed by atoms with Crippen LogP contribution in [0.3, 0.4) is 0 Å². The standard InChI is InChI=1S/C19H25N3O4S/c1-10(2)14(21-16(23)12-7-5-6-8-12)18-20-13(9-27-18)17-22-15(11(3)26-17)19(24)25-4/h9-10,12,14H,5-8H2,1-4H3,(H,21,23)/t14-/m0/s1. The fraction of sp³-hybridized carbons (Fsp3) is 0.579. The highest BCUT2D eigenvalue weighted by molar-refractivity contribution is 7.10. The van der Waals surface area contributed by atoms with Gasteiger partial charge < -0.3 is 14.5 Å². The predicted molar refractivity (Wildman–Crippen MR) is 101 cm³/mol. The molecular formula is C19H25N3O4S. The molecule has 1 saturated carbocycles. The average Bonchev–Trinajstić information content (AvgIpc) is 3.38. The number of rotatable bonds is 6. The zero-order valence-corrected chi connectivity index (χ0v) is 16.9. The van der Waals surface area contributed by atoms with E-state index in [1.165, 1.54) is 18.4 Å². The SMILES string of the molecule is COC(=O)c1nc(-c2csc([C@@H](NC(=O)C3CCCC3)C(C)C)n2)oc1C. The Bertz CT molecular complexity index is 821. The maximum Gasteiger partial charge on any atom is 0.360 e. The Balaban J connectivity index is 1.80. The highest BCUT2D eigenvalue weighted by Crippen LogP contribution is 2.31. The Morgan fingerprint density at radius 3 is 2.63 bits per heavy atom. The zero-order chi connectivity index (χ0) is 19.6. The van der Waals surface area contributed by atoms with E-state index in [0.717, 1.165) is 30.7 Å². The third-order valence-electron chi connectivity index (χ3n) is 4.87. The lowest BCUT2D eigenvalue weighted by Crippen LogP contribution is -2.35. The third-order valence-corrected chi connectivity index (χ3v) is 5.80. The van der Waals surface area contributed by atoms with Crippen molar-refractivity contribution in [1.82, 2.24) is 15.3 Å². The number of aryl methyl sites for hydroxylation is 1. The van der Waals surface area contributed by atoms with Gasteiger partial charge in [-0.05, 0) is 25.7 Å². The summed E-state index contributed by atoms with van der Waals surface area (Å²) in [4.78, 5) is 33.1. The van der Waals surface area contributed by atoms with Crippen molar-refractivity contribution in [2.24, 2.45) is 11.8 Å². The Kier molecular flexibility index (Phi) is 5.94. The molecule has 0 aliphatic heterocycles. The van der Waals surface area contributed by atoms with Crippen LogP contribution in [0.2, 0.25) is 0 Å². The Labute approximate surface area is 162 Å². The minimum atomic E-state index is -0.540. The van der Waals surface area contributed by atoms with Gasteiger partial charge in [0.25, 0.3) is 0 Å². The van der Waals surface area contributed by atoms with E-state index in [0.29, 0.717) is 11.5 Å². The van der Waals surface area contributed by atoms with E-state index < -0.39 is 5.97 Å². The van der Waals surface area contributed by atoms with Gasteiger partial charge in [-0.25, -0.2) is 14.8 Å². The second kappa shape index (κ2) is 8.21. The van der Waals surface area contributed by atoms with Crippen LogP contribution >= 0.6 is 11.3 Å². The quantitative estimate of drug-likeness (QED) is 0.751. The number of esters is 1. The second-order valence-electron chi connectivity index (χ2n) is 7.20. The number of carbonyl (C=O) groups is 2. The van der Waals surface area contributed by atoms with Crippen molar-refractivity contribution in [3.63, 3.8) is 0 Å². The van der Waals surface area contributed by atoms with Crippen molar-refractivity contribution < 1.29 is 18.7 Å². The minimum absolute atomic E-state index is 0.114. The Morgan fingerprint density at radius 1 is 1.30 bits per heavy atom. The Morgan fingerprint density at radius 2 is 2.00 bits per heavy atom. The maximum atomic E-state index is 12.5. The minimum Gasteiger partial charge on any atom is -0.464 e. The summed E-state index contributed by atoms with van der Waals surface area (Å²) >= 11 is 1.45. The van der Waals surface area contributed by atoms with Crippen LogP contribution in [0.25, 0.3) is 11.6 Å². The molecule has 0 spiro atoms. The van der Waals surface area contributed by atoms with E-state index in [2.05, 4.69) is 29.1 Å². The first-order chi connectivity index (χ1) is 12.9. The van der Waals surface area contributed by atoms with Crippen LogP contribution in [0.1, 0.15) is 66.8 Å². The summed E-state index contributed by atoms with van der Waals surface area (Å²) in [6, 6.07) is -0.159. The molecule has 3 rings (SSSR count). The molecule has 7 nitrogen and oxygen atoms in total. The predicted octanol–water partition coefficient (Wildman–Crippen LogP) is 3.90. The number of hydrogen-bond donors (Lipinski definition) is 1. The number of amides is 1. The lowest BCUT2D eigenvalue weighted by atomic mass is 10.0. The van der Waals surface area contributed by atoms with Crippen LogP contribution in [0.15, 0.2) is 9.80 Å². The number of nitrogens with one attached hydrogen (secondary N) is 1. The molecule has 0 saturated heterocycles. The molecule has 2 aromatic heterocycles. The van der Waals surface area contributed by atoms with Gasteiger partial charge in [0.1, 0.15) is 16.5 Å². The van der Waals surface area contributed by atoms with Gasteiger partial charge in [-0.3, -0.25) is 4.79 Å². The number of nitrogens with zero attached hydrogens (tertiary/aromatic N) is 2. The van der Waals surface area contributed by atoms with E-state index in [1.54, 1.807) is 6.92 Å². The molecule has 0 unspecified atom stereocenters. The first-order valence-corrected chi connectivity index (χ1v) is 10.1.